The maximum absolute atomic E-state index is 12.7. The zero-order valence-electron chi connectivity index (χ0n) is 13.3. The molecule has 0 aliphatic rings. The summed E-state index contributed by atoms with van der Waals surface area (Å²) in [7, 11) is 0. The molecule has 0 aliphatic heterocycles. The van der Waals surface area contributed by atoms with Gasteiger partial charge in [-0.15, -0.1) is 0 Å². The van der Waals surface area contributed by atoms with Crippen LogP contribution in [0.3, 0.4) is 0 Å². The first-order chi connectivity index (χ1) is 11.9. The zero-order chi connectivity index (χ0) is 18.0. The molecule has 128 valence electrons. The van der Waals surface area contributed by atoms with E-state index in [1.165, 1.54) is 6.07 Å². The van der Waals surface area contributed by atoms with E-state index in [1.54, 1.807) is 12.1 Å². The third-order valence-corrected chi connectivity index (χ3v) is 3.86. The number of halogens is 3. The SMILES string of the molecule is C[C@@H](NCc1nc2cc(C(F)(F)F)ccc2o1)c1ccc(C#N)cc1. The molecular weight excluding hydrogens is 331 g/mol. The number of hydrogen-bond donors (Lipinski definition) is 1. The number of hydrogen-bond acceptors (Lipinski definition) is 4. The molecule has 7 heteroatoms. The molecule has 0 unspecified atom stereocenters. The lowest BCUT2D eigenvalue weighted by atomic mass is 10.1. The van der Waals surface area contributed by atoms with E-state index >= 15 is 0 Å². The number of aromatic nitrogens is 1. The molecule has 3 aromatic rings. The Morgan fingerprint density at radius 2 is 1.92 bits per heavy atom. The minimum atomic E-state index is -4.41. The highest BCUT2D eigenvalue weighted by Crippen LogP contribution is 2.31. The first-order valence-corrected chi connectivity index (χ1v) is 7.57. The van der Waals surface area contributed by atoms with E-state index in [0.29, 0.717) is 17.0 Å². The van der Waals surface area contributed by atoms with Crippen LogP contribution in [0.1, 0.15) is 35.5 Å². The number of nitrogens with zero attached hydrogens (tertiary/aromatic N) is 2. The quantitative estimate of drug-likeness (QED) is 0.752. The van der Waals surface area contributed by atoms with Gasteiger partial charge in [-0.1, -0.05) is 12.1 Å². The number of alkyl halides is 3. The van der Waals surface area contributed by atoms with E-state index in [4.69, 9.17) is 9.68 Å². The summed E-state index contributed by atoms with van der Waals surface area (Å²) in [6, 6.07) is 12.4. The van der Waals surface area contributed by atoms with Gasteiger partial charge in [-0.25, -0.2) is 4.98 Å². The molecule has 0 aliphatic carbocycles. The summed E-state index contributed by atoms with van der Waals surface area (Å²) in [4.78, 5) is 4.11. The average Bonchev–Trinajstić information content (AvgIpc) is 3.01. The Morgan fingerprint density at radius 1 is 1.20 bits per heavy atom. The number of benzene rings is 2. The van der Waals surface area contributed by atoms with E-state index in [0.717, 1.165) is 17.7 Å². The van der Waals surface area contributed by atoms with Crippen LogP contribution in [-0.4, -0.2) is 4.98 Å². The van der Waals surface area contributed by atoms with Crippen LogP contribution in [-0.2, 0) is 12.7 Å². The summed E-state index contributed by atoms with van der Waals surface area (Å²) >= 11 is 0. The number of nitrogens with one attached hydrogen (secondary N) is 1. The molecule has 1 heterocycles. The second-order valence-electron chi connectivity index (χ2n) is 5.62. The molecule has 4 nitrogen and oxygen atoms in total. The molecule has 1 aromatic heterocycles. The molecular formula is C18H14F3N3O. The van der Waals surface area contributed by atoms with Gasteiger partial charge < -0.3 is 9.73 Å². The Hall–Kier alpha value is -2.85. The maximum Gasteiger partial charge on any atom is 0.416 e. The van der Waals surface area contributed by atoms with Crippen LogP contribution in [0, 0.1) is 11.3 Å². The zero-order valence-corrected chi connectivity index (χ0v) is 13.3. The fourth-order valence-electron chi connectivity index (χ4n) is 2.43. The number of nitriles is 1. The van der Waals surface area contributed by atoms with Gasteiger partial charge in [-0.2, -0.15) is 18.4 Å². The van der Waals surface area contributed by atoms with Crippen molar-refractivity contribution in [2.45, 2.75) is 25.7 Å². The molecule has 1 atom stereocenters. The van der Waals surface area contributed by atoms with E-state index < -0.39 is 11.7 Å². The molecule has 1 N–H and O–H groups in total. The van der Waals surface area contributed by atoms with Crippen LogP contribution in [0.25, 0.3) is 11.1 Å². The Balaban J connectivity index is 1.71. The Kier molecular flexibility index (Phi) is 4.47. The molecule has 0 fully saturated rings. The second-order valence-corrected chi connectivity index (χ2v) is 5.62. The van der Waals surface area contributed by atoms with Crippen LogP contribution in [0.15, 0.2) is 46.9 Å². The van der Waals surface area contributed by atoms with Crippen molar-refractivity contribution < 1.29 is 17.6 Å². The van der Waals surface area contributed by atoms with Gasteiger partial charge in [0.05, 0.1) is 23.7 Å². The van der Waals surface area contributed by atoms with E-state index in [9.17, 15) is 13.2 Å². The van der Waals surface area contributed by atoms with Gasteiger partial charge in [-0.3, -0.25) is 0 Å². The van der Waals surface area contributed by atoms with Gasteiger partial charge >= 0.3 is 6.18 Å². The second kappa shape index (κ2) is 6.57. The summed E-state index contributed by atoms with van der Waals surface area (Å²) in [5.41, 5.74) is 1.30. The van der Waals surface area contributed by atoms with E-state index in [-0.39, 0.29) is 18.1 Å². The third-order valence-electron chi connectivity index (χ3n) is 3.86. The van der Waals surface area contributed by atoms with E-state index in [1.807, 2.05) is 19.1 Å². The smallest absolute Gasteiger partial charge is 0.416 e. The fourth-order valence-corrected chi connectivity index (χ4v) is 2.43. The highest BCUT2D eigenvalue weighted by molar-refractivity contribution is 5.73. The minimum absolute atomic E-state index is 0.0338. The maximum atomic E-state index is 12.7. The van der Waals surface area contributed by atoms with Gasteiger partial charge in [0.15, 0.2) is 5.58 Å². The van der Waals surface area contributed by atoms with Gasteiger partial charge in [0.1, 0.15) is 5.52 Å². The Morgan fingerprint density at radius 3 is 2.56 bits per heavy atom. The van der Waals surface area contributed by atoms with Crippen molar-refractivity contribution in [2.75, 3.05) is 0 Å². The summed E-state index contributed by atoms with van der Waals surface area (Å²) in [5.74, 6) is 0.315. The highest BCUT2D eigenvalue weighted by Gasteiger charge is 2.31. The normalized spacial score (nSPS) is 12.9. The Bertz CT molecular complexity index is 923. The number of fused-ring (bicyclic) bond motifs is 1. The lowest BCUT2D eigenvalue weighted by Crippen LogP contribution is -2.18. The van der Waals surface area contributed by atoms with Crippen LogP contribution in [0.5, 0.6) is 0 Å². The van der Waals surface area contributed by atoms with Gasteiger partial charge in [-0.05, 0) is 42.8 Å². The van der Waals surface area contributed by atoms with Crippen LogP contribution >= 0.6 is 0 Å². The van der Waals surface area contributed by atoms with Crippen LogP contribution < -0.4 is 5.32 Å². The number of rotatable bonds is 4. The van der Waals surface area contributed by atoms with E-state index in [2.05, 4.69) is 16.4 Å². The lowest BCUT2D eigenvalue weighted by molar-refractivity contribution is -0.137. The minimum Gasteiger partial charge on any atom is -0.439 e. The van der Waals surface area contributed by atoms with Crippen molar-refractivity contribution in [3.8, 4) is 6.07 Å². The van der Waals surface area contributed by atoms with Gasteiger partial charge in [0, 0.05) is 6.04 Å². The monoisotopic (exact) mass is 345 g/mol. The van der Waals surface area contributed by atoms with Crippen molar-refractivity contribution in [3.63, 3.8) is 0 Å². The molecule has 25 heavy (non-hydrogen) atoms. The van der Waals surface area contributed by atoms with Crippen molar-refractivity contribution in [1.29, 1.82) is 5.26 Å². The Labute approximate surface area is 141 Å². The average molecular weight is 345 g/mol. The largest absolute Gasteiger partial charge is 0.439 e. The van der Waals surface area contributed by atoms with Gasteiger partial charge in [0.2, 0.25) is 5.89 Å². The van der Waals surface area contributed by atoms with Crippen molar-refractivity contribution in [2.24, 2.45) is 0 Å². The summed E-state index contributed by atoms with van der Waals surface area (Å²) in [6.45, 7) is 2.21. The van der Waals surface area contributed by atoms with Crippen molar-refractivity contribution >= 4 is 11.1 Å². The molecule has 0 bridgehead atoms. The molecule has 0 radical (unpaired) electrons. The molecule has 0 spiro atoms. The predicted molar refractivity (Wildman–Crippen MR) is 85.4 cm³/mol. The van der Waals surface area contributed by atoms with Crippen molar-refractivity contribution in [1.82, 2.24) is 10.3 Å². The fraction of sp³-hybridized carbons (Fsp3) is 0.222. The topological polar surface area (TPSA) is 61.9 Å². The first-order valence-electron chi connectivity index (χ1n) is 7.57. The molecule has 3 rings (SSSR count). The van der Waals surface area contributed by atoms with Crippen molar-refractivity contribution in [3.05, 3.63) is 65.0 Å². The predicted octanol–water partition coefficient (Wildman–Crippen LogP) is 4.57. The summed E-state index contributed by atoms with van der Waals surface area (Å²) < 4.78 is 43.7. The molecule has 0 saturated carbocycles. The van der Waals surface area contributed by atoms with Crippen LogP contribution in [0.2, 0.25) is 0 Å². The summed E-state index contributed by atoms with van der Waals surface area (Å²) in [6.07, 6.45) is -4.41. The lowest BCUT2D eigenvalue weighted by Gasteiger charge is -2.12. The first kappa shape index (κ1) is 17.0. The molecule has 0 saturated heterocycles. The summed E-state index contributed by atoms with van der Waals surface area (Å²) in [5, 5.41) is 12.0. The highest BCUT2D eigenvalue weighted by atomic mass is 19.4. The van der Waals surface area contributed by atoms with Crippen LogP contribution in [0.4, 0.5) is 13.2 Å². The third kappa shape index (κ3) is 3.80. The van der Waals surface area contributed by atoms with Gasteiger partial charge in [0.25, 0.3) is 0 Å². The number of oxazole rings is 1. The molecule has 0 amide bonds. The standard InChI is InChI=1S/C18H14F3N3O/c1-11(13-4-2-12(9-22)3-5-13)23-10-17-24-15-8-14(18(19,20)21)6-7-16(15)25-17/h2-8,11,23H,10H2,1H3/t11-/m1/s1. The molecule has 2 aromatic carbocycles.